The minimum atomic E-state index is -1.01. The second-order valence-corrected chi connectivity index (χ2v) is 6.82. The molecule has 1 saturated heterocycles. The largest absolute Gasteiger partial charge is 0.374 e. The summed E-state index contributed by atoms with van der Waals surface area (Å²) in [7, 11) is 0. The maximum absolute atomic E-state index is 13.4. The van der Waals surface area contributed by atoms with Crippen LogP contribution in [0.5, 0.6) is 0 Å². The van der Waals surface area contributed by atoms with Crippen LogP contribution >= 0.6 is 0 Å². The van der Waals surface area contributed by atoms with Crippen LogP contribution < -0.4 is 0 Å². The summed E-state index contributed by atoms with van der Waals surface area (Å²) in [5, 5.41) is 4.09. The van der Waals surface area contributed by atoms with E-state index in [1.807, 2.05) is 54.7 Å². The lowest BCUT2D eigenvalue weighted by Gasteiger charge is -2.37. The van der Waals surface area contributed by atoms with Crippen LogP contribution in [0.3, 0.4) is 0 Å². The lowest BCUT2D eigenvalue weighted by Crippen LogP contribution is -2.50. The van der Waals surface area contributed by atoms with Gasteiger partial charge in [0.05, 0.1) is 12.0 Å². The Bertz CT molecular complexity index is 764. The van der Waals surface area contributed by atoms with E-state index in [-0.39, 0.29) is 5.91 Å². The zero-order chi connectivity index (χ0) is 17.3. The summed E-state index contributed by atoms with van der Waals surface area (Å²) in [6.07, 6.45) is 8.00. The van der Waals surface area contributed by atoms with Crippen molar-refractivity contribution in [2.24, 2.45) is 5.16 Å². The van der Waals surface area contributed by atoms with Crippen molar-refractivity contribution < 1.29 is 9.63 Å². The Morgan fingerprint density at radius 1 is 1.24 bits per heavy atom. The Labute approximate surface area is 147 Å². The number of hydrogen-bond donors (Lipinski definition) is 0. The molecule has 0 saturated carbocycles. The lowest BCUT2D eigenvalue weighted by molar-refractivity contribution is -0.158. The van der Waals surface area contributed by atoms with E-state index < -0.39 is 5.60 Å². The first-order valence-corrected chi connectivity index (χ1v) is 8.73. The van der Waals surface area contributed by atoms with Crippen molar-refractivity contribution in [1.82, 2.24) is 14.5 Å². The van der Waals surface area contributed by atoms with Gasteiger partial charge in [-0.25, -0.2) is 4.98 Å². The predicted molar refractivity (Wildman–Crippen MR) is 94.0 cm³/mol. The summed E-state index contributed by atoms with van der Waals surface area (Å²) in [4.78, 5) is 25.2. The molecule has 0 N–H and O–H groups in total. The number of likely N-dealkylation sites (tertiary alicyclic amines) is 1. The van der Waals surface area contributed by atoms with Crippen molar-refractivity contribution in [1.29, 1.82) is 0 Å². The summed E-state index contributed by atoms with van der Waals surface area (Å²) in [5.41, 5.74) is 0.718. The van der Waals surface area contributed by atoms with Gasteiger partial charge < -0.3 is 14.3 Å². The first kappa shape index (κ1) is 15.9. The normalized spacial score (nSPS) is 24.0. The fraction of sp³-hybridized carbons (Fsp3) is 0.421. The zero-order valence-electron chi connectivity index (χ0n) is 14.3. The van der Waals surface area contributed by atoms with E-state index in [9.17, 15) is 4.79 Å². The molecule has 1 amide bonds. The summed E-state index contributed by atoms with van der Waals surface area (Å²) in [6, 6.07) is 10.1. The molecule has 1 aromatic carbocycles. The van der Waals surface area contributed by atoms with E-state index in [2.05, 4.69) is 14.7 Å². The predicted octanol–water partition coefficient (Wildman–Crippen LogP) is 2.74. The molecule has 6 heteroatoms. The van der Waals surface area contributed by atoms with Crippen LogP contribution in [0, 0.1) is 0 Å². The number of benzene rings is 1. The van der Waals surface area contributed by atoms with Crippen LogP contribution in [0.4, 0.5) is 0 Å². The lowest BCUT2D eigenvalue weighted by atomic mass is 9.87. The van der Waals surface area contributed by atoms with Crippen molar-refractivity contribution in [2.75, 3.05) is 13.1 Å². The van der Waals surface area contributed by atoms with Crippen LogP contribution in [0.25, 0.3) is 0 Å². The van der Waals surface area contributed by atoms with Crippen molar-refractivity contribution in [3.05, 3.63) is 54.6 Å². The number of nitrogens with zero attached hydrogens (tertiary/aromatic N) is 4. The van der Waals surface area contributed by atoms with Crippen LogP contribution in [0.1, 0.15) is 37.8 Å². The smallest absolute Gasteiger partial charge is 0.274 e. The molecule has 1 aromatic heterocycles. The third-order valence-corrected chi connectivity index (χ3v) is 5.15. The van der Waals surface area contributed by atoms with Gasteiger partial charge in [-0.3, -0.25) is 4.79 Å². The third kappa shape index (κ3) is 2.81. The maximum atomic E-state index is 13.4. The molecule has 0 spiro atoms. The molecule has 0 aliphatic carbocycles. The van der Waals surface area contributed by atoms with E-state index in [1.54, 1.807) is 6.20 Å². The van der Waals surface area contributed by atoms with Gasteiger partial charge in [-0.15, -0.1) is 0 Å². The molecule has 1 fully saturated rings. The van der Waals surface area contributed by atoms with Gasteiger partial charge in [0, 0.05) is 43.5 Å². The van der Waals surface area contributed by atoms with Gasteiger partial charge in [-0.2, -0.15) is 0 Å². The topological polar surface area (TPSA) is 59.7 Å². The van der Waals surface area contributed by atoms with Gasteiger partial charge in [0.1, 0.15) is 0 Å². The van der Waals surface area contributed by atoms with Gasteiger partial charge >= 0.3 is 0 Å². The fourth-order valence-electron chi connectivity index (χ4n) is 3.79. The van der Waals surface area contributed by atoms with Gasteiger partial charge in [-0.05, 0) is 19.8 Å². The second-order valence-electron chi connectivity index (χ2n) is 6.82. The Morgan fingerprint density at radius 3 is 2.60 bits per heavy atom. The molecule has 1 unspecified atom stereocenters. The standard InChI is InChI=1S/C19H22N4O2/c1-15-13-19(25-21-15,16-5-3-2-4-6-16)18(24)22-10-7-17(8-11-22)23-12-9-20-14-23/h2-6,9,12,14,17H,7-8,10-11,13H2,1H3. The molecule has 4 rings (SSSR count). The number of rotatable bonds is 3. The molecule has 130 valence electrons. The fourth-order valence-corrected chi connectivity index (χ4v) is 3.79. The number of amides is 1. The number of oxime groups is 1. The molecule has 1 atom stereocenters. The monoisotopic (exact) mass is 338 g/mol. The van der Waals surface area contributed by atoms with E-state index >= 15 is 0 Å². The first-order chi connectivity index (χ1) is 12.2. The van der Waals surface area contributed by atoms with E-state index in [0.717, 1.165) is 37.2 Å². The summed E-state index contributed by atoms with van der Waals surface area (Å²) < 4.78 is 2.13. The molecular formula is C19H22N4O2. The molecule has 2 aliphatic heterocycles. The number of carbonyl (C=O) groups is 1. The number of piperidine rings is 1. The second kappa shape index (κ2) is 6.35. The highest BCUT2D eigenvalue weighted by Crippen LogP contribution is 2.38. The van der Waals surface area contributed by atoms with Gasteiger partial charge in [0.2, 0.25) is 5.60 Å². The Balaban J connectivity index is 1.53. The maximum Gasteiger partial charge on any atom is 0.274 e. The minimum absolute atomic E-state index is 0.0170. The van der Waals surface area contributed by atoms with Crippen LogP contribution in [-0.2, 0) is 15.2 Å². The SMILES string of the molecule is CC1=NOC(C(=O)N2CCC(n3ccnc3)CC2)(c2ccccc2)C1. The van der Waals surface area contributed by atoms with Gasteiger partial charge in [-0.1, -0.05) is 35.5 Å². The molecule has 6 nitrogen and oxygen atoms in total. The van der Waals surface area contributed by atoms with Crippen molar-refractivity contribution >= 4 is 11.6 Å². The number of aromatic nitrogens is 2. The molecule has 0 bridgehead atoms. The first-order valence-electron chi connectivity index (χ1n) is 8.73. The van der Waals surface area contributed by atoms with Crippen molar-refractivity contribution in [3.8, 4) is 0 Å². The van der Waals surface area contributed by atoms with E-state index in [4.69, 9.17) is 4.84 Å². The zero-order valence-corrected chi connectivity index (χ0v) is 14.3. The highest BCUT2D eigenvalue weighted by molar-refractivity contribution is 5.95. The Kier molecular flexibility index (Phi) is 4.03. The van der Waals surface area contributed by atoms with Crippen LogP contribution in [-0.4, -0.2) is 39.2 Å². The van der Waals surface area contributed by atoms with Crippen molar-refractivity contribution in [3.63, 3.8) is 0 Å². The average Bonchev–Trinajstić information content (AvgIpc) is 3.33. The molecule has 2 aliphatic rings. The van der Waals surface area contributed by atoms with E-state index in [1.165, 1.54) is 0 Å². The molecule has 0 radical (unpaired) electrons. The highest BCUT2D eigenvalue weighted by atomic mass is 16.7. The van der Waals surface area contributed by atoms with Gasteiger partial charge in [0.25, 0.3) is 5.91 Å². The third-order valence-electron chi connectivity index (χ3n) is 5.15. The number of carbonyl (C=O) groups excluding carboxylic acids is 1. The van der Waals surface area contributed by atoms with Crippen molar-refractivity contribution in [2.45, 2.75) is 37.8 Å². The van der Waals surface area contributed by atoms with E-state index in [0.29, 0.717) is 12.5 Å². The average molecular weight is 338 g/mol. The molecule has 2 aromatic rings. The summed E-state index contributed by atoms with van der Waals surface area (Å²) >= 11 is 0. The molecule has 25 heavy (non-hydrogen) atoms. The van der Waals surface area contributed by atoms with Crippen LogP contribution in [0.15, 0.2) is 54.2 Å². The highest BCUT2D eigenvalue weighted by Gasteiger charge is 2.49. The number of hydrogen-bond acceptors (Lipinski definition) is 4. The van der Waals surface area contributed by atoms with Crippen LogP contribution in [0.2, 0.25) is 0 Å². The Hall–Kier alpha value is -2.63. The van der Waals surface area contributed by atoms with Gasteiger partial charge in [0.15, 0.2) is 0 Å². The Morgan fingerprint density at radius 2 is 2.00 bits per heavy atom. The molecule has 3 heterocycles. The minimum Gasteiger partial charge on any atom is -0.374 e. The molecular weight excluding hydrogens is 316 g/mol. The summed E-state index contributed by atoms with van der Waals surface area (Å²) in [6.45, 7) is 3.35. The summed E-state index contributed by atoms with van der Waals surface area (Å²) in [5.74, 6) is 0.0170. The number of imidazole rings is 1. The quantitative estimate of drug-likeness (QED) is 0.864.